The molecule has 3 aromatic heterocycles. The van der Waals surface area contributed by atoms with Crippen LogP contribution in [0, 0.1) is 13.8 Å². The maximum absolute atomic E-state index is 13.4. The van der Waals surface area contributed by atoms with Crippen LogP contribution < -0.4 is 0 Å². The summed E-state index contributed by atoms with van der Waals surface area (Å²) in [5.41, 5.74) is 4.87. The van der Waals surface area contributed by atoms with Gasteiger partial charge in [0.2, 0.25) is 5.89 Å². The van der Waals surface area contributed by atoms with Crippen LogP contribution in [0.5, 0.6) is 0 Å². The van der Waals surface area contributed by atoms with E-state index in [0.717, 1.165) is 23.7 Å². The van der Waals surface area contributed by atoms with Crippen LogP contribution in [-0.2, 0) is 7.05 Å². The van der Waals surface area contributed by atoms with Gasteiger partial charge in [0.05, 0.1) is 0 Å². The minimum absolute atomic E-state index is 0.00195. The quantitative estimate of drug-likeness (QED) is 0.514. The second-order valence-corrected chi connectivity index (χ2v) is 7.82. The van der Waals surface area contributed by atoms with Crippen molar-refractivity contribution in [3.8, 4) is 11.6 Å². The molecule has 7 nitrogen and oxygen atoms in total. The molecule has 5 rings (SSSR count). The largest absolute Gasteiger partial charge is 0.417 e. The molecule has 0 radical (unpaired) electrons. The Balaban J connectivity index is 1.45. The molecule has 7 heteroatoms. The zero-order valence-corrected chi connectivity index (χ0v) is 17.3. The van der Waals surface area contributed by atoms with Crippen molar-refractivity contribution in [3.05, 3.63) is 65.3 Å². The second kappa shape index (κ2) is 7.09. The SMILES string of the molecule is Cc1c(C)n(C)c2ccc(C(=O)N3CCC[C@H]3c3nnc(-c4ccccn4)o3)cc12. The van der Waals surface area contributed by atoms with E-state index >= 15 is 0 Å². The number of hydrogen-bond donors (Lipinski definition) is 0. The highest BCUT2D eigenvalue weighted by Crippen LogP contribution is 2.34. The zero-order chi connectivity index (χ0) is 20.8. The predicted molar refractivity (Wildman–Crippen MR) is 113 cm³/mol. The molecule has 1 atom stereocenters. The summed E-state index contributed by atoms with van der Waals surface area (Å²) < 4.78 is 8.06. The first-order chi connectivity index (χ1) is 14.5. The molecule has 4 aromatic rings. The lowest BCUT2D eigenvalue weighted by Gasteiger charge is -2.22. The van der Waals surface area contributed by atoms with E-state index in [1.54, 1.807) is 6.20 Å². The normalized spacial score (nSPS) is 16.5. The standard InChI is InChI=1S/C23H23N5O2/c1-14-15(2)27(3)19-10-9-16(13-17(14)19)23(29)28-12-6-8-20(28)22-26-25-21(30-22)18-7-4-5-11-24-18/h4-5,7,9-11,13,20H,6,8,12H2,1-3H3/t20-/m0/s1. The van der Waals surface area contributed by atoms with Crippen molar-refractivity contribution < 1.29 is 9.21 Å². The number of carbonyl (C=O) groups excluding carboxylic acids is 1. The fraction of sp³-hybridized carbons (Fsp3) is 0.304. The molecule has 1 aliphatic rings. The number of benzene rings is 1. The van der Waals surface area contributed by atoms with Gasteiger partial charge in [0.25, 0.3) is 11.8 Å². The van der Waals surface area contributed by atoms with Crippen LogP contribution in [0.2, 0.25) is 0 Å². The molecule has 0 unspecified atom stereocenters. The van der Waals surface area contributed by atoms with Gasteiger partial charge in [0.15, 0.2) is 0 Å². The number of pyridine rings is 1. The predicted octanol–water partition coefficient (Wildman–Crippen LogP) is 4.22. The average molecular weight is 401 g/mol. The van der Waals surface area contributed by atoms with Crippen LogP contribution in [0.1, 0.15) is 46.4 Å². The Bertz CT molecular complexity index is 1240. The van der Waals surface area contributed by atoms with E-state index < -0.39 is 0 Å². The molecule has 0 bridgehead atoms. The summed E-state index contributed by atoms with van der Waals surface area (Å²) in [7, 11) is 2.05. The molecule has 1 saturated heterocycles. The van der Waals surface area contributed by atoms with E-state index in [0.29, 0.717) is 29.6 Å². The van der Waals surface area contributed by atoms with Gasteiger partial charge in [0.1, 0.15) is 11.7 Å². The minimum Gasteiger partial charge on any atom is -0.417 e. The zero-order valence-electron chi connectivity index (χ0n) is 17.3. The van der Waals surface area contributed by atoms with Crippen LogP contribution in [0.3, 0.4) is 0 Å². The average Bonchev–Trinajstić information content (AvgIpc) is 3.50. The van der Waals surface area contributed by atoms with Crippen LogP contribution in [0.4, 0.5) is 0 Å². The first-order valence-corrected chi connectivity index (χ1v) is 10.2. The van der Waals surface area contributed by atoms with Crippen LogP contribution in [0.25, 0.3) is 22.5 Å². The molecule has 1 fully saturated rings. The van der Waals surface area contributed by atoms with E-state index in [4.69, 9.17) is 4.42 Å². The third-order valence-electron chi connectivity index (χ3n) is 6.18. The molecule has 0 aliphatic carbocycles. The third-order valence-corrected chi connectivity index (χ3v) is 6.18. The van der Waals surface area contributed by atoms with Gasteiger partial charge in [-0.2, -0.15) is 0 Å². The highest BCUT2D eigenvalue weighted by molar-refractivity contribution is 5.99. The van der Waals surface area contributed by atoms with Crippen molar-refractivity contribution in [2.45, 2.75) is 32.7 Å². The Morgan fingerprint density at radius 1 is 1.17 bits per heavy atom. The second-order valence-electron chi connectivity index (χ2n) is 7.82. The number of hydrogen-bond acceptors (Lipinski definition) is 5. The molecule has 152 valence electrons. The number of aryl methyl sites for hydroxylation is 2. The molecular weight excluding hydrogens is 378 g/mol. The van der Waals surface area contributed by atoms with Gasteiger partial charge in [-0.3, -0.25) is 9.78 Å². The number of likely N-dealkylation sites (tertiary alicyclic amines) is 1. The highest BCUT2D eigenvalue weighted by Gasteiger charge is 2.34. The van der Waals surface area contributed by atoms with E-state index in [2.05, 4.69) is 40.6 Å². The highest BCUT2D eigenvalue weighted by atomic mass is 16.4. The van der Waals surface area contributed by atoms with Crippen LogP contribution >= 0.6 is 0 Å². The Hall–Kier alpha value is -3.48. The Labute approximate surface area is 174 Å². The number of nitrogens with zero attached hydrogens (tertiary/aromatic N) is 5. The Kier molecular flexibility index (Phi) is 4.38. The van der Waals surface area contributed by atoms with E-state index in [1.807, 2.05) is 41.3 Å². The van der Waals surface area contributed by atoms with Crippen molar-refractivity contribution >= 4 is 16.8 Å². The summed E-state index contributed by atoms with van der Waals surface area (Å²) in [4.78, 5) is 19.5. The maximum atomic E-state index is 13.4. The molecule has 0 saturated carbocycles. The van der Waals surface area contributed by atoms with Crippen molar-refractivity contribution in [1.29, 1.82) is 0 Å². The topological polar surface area (TPSA) is 77.1 Å². The molecule has 4 heterocycles. The lowest BCUT2D eigenvalue weighted by molar-refractivity contribution is 0.0716. The first kappa shape index (κ1) is 18.5. The summed E-state index contributed by atoms with van der Waals surface area (Å²) >= 11 is 0. The summed E-state index contributed by atoms with van der Waals surface area (Å²) in [6.07, 6.45) is 3.40. The van der Waals surface area contributed by atoms with E-state index in [-0.39, 0.29) is 11.9 Å². The Morgan fingerprint density at radius 3 is 2.83 bits per heavy atom. The number of fused-ring (bicyclic) bond motifs is 1. The van der Waals surface area contributed by atoms with Crippen molar-refractivity contribution in [2.75, 3.05) is 6.54 Å². The minimum atomic E-state index is -0.211. The smallest absolute Gasteiger partial charge is 0.266 e. The first-order valence-electron chi connectivity index (χ1n) is 10.2. The molecule has 1 aromatic carbocycles. The summed E-state index contributed by atoms with van der Waals surface area (Å²) in [6.45, 7) is 4.87. The lowest BCUT2D eigenvalue weighted by Crippen LogP contribution is -2.30. The number of amides is 1. The van der Waals surface area contributed by atoms with Gasteiger partial charge in [-0.1, -0.05) is 6.07 Å². The molecule has 0 spiro atoms. The lowest BCUT2D eigenvalue weighted by atomic mass is 10.1. The van der Waals surface area contributed by atoms with E-state index in [9.17, 15) is 4.79 Å². The van der Waals surface area contributed by atoms with E-state index in [1.165, 1.54) is 11.3 Å². The fourth-order valence-electron chi connectivity index (χ4n) is 4.28. The number of carbonyl (C=O) groups is 1. The summed E-state index contributed by atoms with van der Waals surface area (Å²) in [5.74, 6) is 0.842. The Morgan fingerprint density at radius 2 is 2.03 bits per heavy atom. The maximum Gasteiger partial charge on any atom is 0.266 e. The third kappa shape index (κ3) is 2.89. The van der Waals surface area contributed by atoms with Gasteiger partial charge in [-0.25, -0.2) is 0 Å². The van der Waals surface area contributed by atoms with Gasteiger partial charge < -0.3 is 13.9 Å². The van der Waals surface area contributed by atoms with Gasteiger partial charge in [-0.15, -0.1) is 10.2 Å². The molecule has 0 N–H and O–H groups in total. The van der Waals surface area contributed by atoms with Gasteiger partial charge in [-0.05, 0) is 62.6 Å². The molecule has 1 aliphatic heterocycles. The summed E-state index contributed by atoms with van der Waals surface area (Å²) in [5, 5.41) is 9.49. The van der Waals surface area contributed by atoms with Gasteiger partial charge >= 0.3 is 0 Å². The van der Waals surface area contributed by atoms with Crippen LogP contribution in [-0.4, -0.2) is 37.1 Å². The number of rotatable bonds is 3. The fourth-order valence-corrected chi connectivity index (χ4v) is 4.28. The molecule has 30 heavy (non-hydrogen) atoms. The molecular formula is C23H23N5O2. The van der Waals surface area contributed by atoms with Crippen LogP contribution in [0.15, 0.2) is 47.0 Å². The molecule has 1 amide bonds. The monoisotopic (exact) mass is 401 g/mol. The summed E-state index contributed by atoms with van der Waals surface area (Å²) in [6, 6.07) is 11.3. The van der Waals surface area contributed by atoms with Crippen molar-refractivity contribution in [1.82, 2.24) is 24.6 Å². The van der Waals surface area contributed by atoms with Crippen molar-refractivity contribution in [2.24, 2.45) is 7.05 Å². The van der Waals surface area contributed by atoms with Gasteiger partial charge in [0, 0.05) is 41.9 Å². The number of aromatic nitrogens is 4. The van der Waals surface area contributed by atoms with Crippen molar-refractivity contribution in [3.63, 3.8) is 0 Å².